The molecule has 0 atom stereocenters. The number of nitrogens with one attached hydrogen (secondary N) is 1. The second kappa shape index (κ2) is 13.7. The zero-order valence-corrected chi connectivity index (χ0v) is 24.1. The summed E-state index contributed by atoms with van der Waals surface area (Å²) in [4.78, 5) is 39.8. The monoisotopic (exact) mass is 551 g/mol. The van der Waals surface area contributed by atoms with E-state index in [4.69, 9.17) is 10.1 Å². The van der Waals surface area contributed by atoms with Crippen LogP contribution in [0, 0.1) is 18.3 Å². The SMILES string of the molecule is Cc1ccc(CCN2C(=O)C(C3=C(F)C=CC=CC3)=NC23CCC(C(C)(C)C)CC3)cc1.O=CNCCC(=O)O. The Morgan fingerprint density at radius 1 is 1.20 bits per heavy atom. The van der Waals surface area contributed by atoms with Gasteiger partial charge in [-0.15, -0.1) is 0 Å². The highest BCUT2D eigenvalue weighted by Crippen LogP contribution is 2.47. The molecule has 0 saturated heterocycles. The fraction of sp³-hybridized carbons (Fsp3) is 0.500. The number of aliphatic carboxylic acids is 1. The van der Waals surface area contributed by atoms with Crippen molar-refractivity contribution in [2.24, 2.45) is 16.3 Å². The van der Waals surface area contributed by atoms with Crippen LogP contribution in [0.15, 0.2) is 65.0 Å². The van der Waals surface area contributed by atoms with Crippen molar-refractivity contribution in [2.75, 3.05) is 13.1 Å². The average Bonchev–Trinajstić information content (AvgIpc) is 3.02. The van der Waals surface area contributed by atoms with Gasteiger partial charge in [0, 0.05) is 18.7 Å². The summed E-state index contributed by atoms with van der Waals surface area (Å²) in [6.07, 6.45) is 12.2. The lowest BCUT2D eigenvalue weighted by atomic mass is 9.69. The topological polar surface area (TPSA) is 99.1 Å². The Hall–Kier alpha value is -3.55. The van der Waals surface area contributed by atoms with Gasteiger partial charge in [-0.05, 0) is 68.4 Å². The molecule has 1 fully saturated rings. The number of hydrogen-bond donors (Lipinski definition) is 2. The van der Waals surface area contributed by atoms with E-state index >= 15 is 0 Å². The molecule has 40 heavy (non-hydrogen) atoms. The number of carbonyl (C=O) groups is 3. The van der Waals surface area contributed by atoms with Gasteiger partial charge in [-0.25, -0.2) is 4.39 Å². The third-order valence-electron chi connectivity index (χ3n) is 7.98. The number of halogens is 1. The Bertz CT molecular complexity index is 1180. The van der Waals surface area contributed by atoms with Crippen LogP contribution < -0.4 is 5.32 Å². The lowest BCUT2D eigenvalue weighted by Gasteiger charge is -2.45. The van der Waals surface area contributed by atoms with E-state index < -0.39 is 11.6 Å². The summed E-state index contributed by atoms with van der Waals surface area (Å²) in [5.74, 6) is -0.748. The van der Waals surface area contributed by atoms with E-state index in [-0.39, 0.29) is 30.1 Å². The van der Waals surface area contributed by atoms with E-state index in [1.54, 1.807) is 6.08 Å². The molecule has 1 aromatic carbocycles. The van der Waals surface area contributed by atoms with Crippen LogP contribution in [-0.4, -0.2) is 52.8 Å². The van der Waals surface area contributed by atoms with E-state index in [2.05, 4.69) is 57.3 Å². The van der Waals surface area contributed by atoms with Gasteiger partial charge >= 0.3 is 5.97 Å². The van der Waals surface area contributed by atoms with Crippen molar-refractivity contribution in [1.82, 2.24) is 10.2 Å². The Kier molecular flexibility index (Phi) is 10.6. The maximum atomic E-state index is 14.8. The quantitative estimate of drug-likeness (QED) is 0.320. The number of rotatable bonds is 8. The highest BCUT2D eigenvalue weighted by atomic mass is 19.1. The minimum atomic E-state index is -0.903. The molecule has 2 amide bonds. The highest BCUT2D eigenvalue weighted by Gasteiger charge is 2.50. The van der Waals surface area contributed by atoms with Gasteiger partial charge < -0.3 is 15.3 Å². The van der Waals surface area contributed by atoms with Crippen LogP contribution in [-0.2, 0) is 20.8 Å². The van der Waals surface area contributed by atoms with Crippen molar-refractivity contribution in [1.29, 1.82) is 0 Å². The standard InChI is InChI=1S/C28H35FN2O.C4H7NO3/c1-20-10-12-21(13-11-20)16-19-31-26(32)25(23-8-6-5-7-9-24(23)29)30-28(31)17-14-22(15-18-28)27(2,3)4;6-3-5-2-1-4(7)8/h5-7,9-13,22H,8,14-19H2,1-4H3;3H,1-2H2,(H,5,6)(H,7,8). The van der Waals surface area contributed by atoms with Crippen molar-refractivity contribution >= 4 is 24.0 Å². The molecular formula is C32H42FN3O4. The van der Waals surface area contributed by atoms with Crippen LogP contribution in [0.5, 0.6) is 0 Å². The first-order valence-electron chi connectivity index (χ1n) is 14.1. The van der Waals surface area contributed by atoms with Crippen molar-refractivity contribution in [3.05, 3.63) is 71.1 Å². The predicted molar refractivity (Wildman–Crippen MR) is 156 cm³/mol. The summed E-state index contributed by atoms with van der Waals surface area (Å²) in [6, 6.07) is 8.48. The van der Waals surface area contributed by atoms with Gasteiger partial charge in [0.05, 0.1) is 6.42 Å². The largest absolute Gasteiger partial charge is 0.481 e. The fourth-order valence-electron chi connectivity index (χ4n) is 5.51. The van der Waals surface area contributed by atoms with Crippen LogP contribution in [0.2, 0.25) is 0 Å². The van der Waals surface area contributed by atoms with Crippen molar-refractivity contribution in [2.45, 2.75) is 78.3 Å². The molecule has 0 bridgehead atoms. The Morgan fingerprint density at radius 2 is 1.88 bits per heavy atom. The molecule has 0 radical (unpaired) electrons. The molecule has 4 rings (SSSR count). The average molecular weight is 552 g/mol. The maximum Gasteiger partial charge on any atom is 0.305 e. The summed E-state index contributed by atoms with van der Waals surface area (Å²) in [5, 5.41) is 10.2. The third kappa shape index (κ3) is 7.99. The van der Waals surface area contributed by atoms with Gasteiger partial charge in [0.2, 0.25) is 6.41 Å². The maximum absolute atomic E-state index is 14.8. The lowest BCUT2D eigenvalue weighted by Crippen LogP contribution is -2.50. The smallest absolute Gasteiger partial charge is 0.305 e. The highest BCUT2D eigenvalue weighted by molar-refractivity contribution is 6.47. The fourth-order valence-corrected chi connectivity index (χ4v) is 5.51. The molecule has 1 aromatic rings. The first kappa shape index (κ1) is 31.0. The second-order valence-electron chi connectivity index (χ2n) is 11.8. The molecule has 2 N–H and O–H groups in total. The van der Waals surface area contributed by atoms with Gasteiger partial charge in [0.1, 0.15) is 17.2 Å². The van der Waals surface area contributed by atoms with Crippen LogP contribution in [0.1, 0.15) is 70.4 Å². The number of aryl methyl sites for hydroxylation is 1. The third-order valence-corrected chi connectivity index (χ3v) is 7.98. The Labute approximate surface area is 236 Å². The van der Waals surface area contributed by atoms with E-state index in [9.17, 15) is 18.8 Å². The molecule has 7 nitrogen and oxygen atoms in total. The van der Waals surface area contributed by atoms with Gasteiger partial charge in [0.25, 0.3) is 5.91 Å². The lowest BCUT2D eigenvalue weighted by molar-refractivity contribution is -0.137. The van der Waals surface area contributed by atoms with Crippen molar-refractivity contribution in [3.63, 3.8) is 0 Å². The second-order valence-corrected chi connectivity index (χ2v) is 11.8. The van der Waals surface area contributed by atoms with Crippen LogP contribution in [0.4, 0.5) is 4.39 Å². The van der Waals surface area contributed by atoms with Gasteiger partial charge in [0.15, 0.2) is 0 Å². The summed E-state index contributed by atoms with van der Waals surface area (Å²) in [5.41, 5.74) is 2.90. The molecule has 2 aliphatic carbocycles. The molecule has 216 valence electrons. The molecule has 3 aliphatic rings. The number of carboxylic acids is 1. The number of amides is 2. The van der Waals surface area contributed by atoms with Crippen LogP contribution in [0.3, 0.4) is 0 Å². The molecule has 1 saturated carbocycles. The van der Waals surface area contributed by atoms with Gasteiger partial charge in [-0.2, -0.15) is 0 Å². The minimum absolute atomic E-state index is 0.0151. The molecule has 8 heteroatoms. The van der Waals surface area contributed by atoms with E-state index in [0.29, 0.717) is 36.6 Å². The van der Waals surface area contributed by atoms with E-state index in [0.717, 1.165) is 32.1 Å². The summed E-state index contributed by atoms with van der Waals surface area (Å²) in [6.45, 7) is 9.78. The molecule has 1 heterocycles. The number of carbonyl (C=O) groups excluding carboxylic acids is 2. The minimum Gasteiger partial charge on any atom is -0.481 e. The van der Waals surface area contributed by atoms with E-state index in [1.165, 1.54) is 17.2 Å². The summed E-state index contributed by atoms with van der Waals surface area (Å²) < 4.78 is 14.8. The van der Waals surface area contributed by atoms with Crippen LogP contribution >= 0.6 is 0 Å². The van der Waals surface area contributed by atoms with E-state index in [1.807, 2.05) is 17.1 Å². The van der Waals surface area contributed by atoms with Crippen molar-refractivity contribution in [3.8, 4) is 0 Å². The number of allylic oxidation sites excluding steroid dienone is 5. The first-order valence-corrected chi connectivity index (χ1v) is 14.1. The molecule has 1 aliphatic heterocycles. The Balaban J connectivity index is 0.000000482. The zero-order chi connectivity index (χ0) is 29.3. The number of benzene rings is 1. The number of aliphatic imine (C=N–C) groups is 1. The predicted octanol–water partition coefficient (Wildman–Crippen LogP) is 5.70. The number of carboxylic acid groups (broad SMARTS) is 1. The Morgan fingerprint density at radius 3 is 2.48 bits per heavy atom. The van der Waals surface area contributed by atoms with Crippen LogP contribution in [0.25, 0.3) is 0 Å². The molecular weight excluding hydrogens is 509 g/mol. The van der Waals surface area contributed by atoms with Gasteiger partial charge in [-0.1, -0.05) is 68.8 Å². The summed E-state index contributed by atoms with van der Waals surface area (Å²) in [7, 11) is 0. The molecule has 1 spiro atoms. The molecule has 0 unspecified atom stereocenters. The molecule has 0 aromatic heterocycles. The van der Waals surface area contributed by atoms with Gasteiger partial charge in [-0.3, -0.25) is 19.4 Å². The normalized spacial score (nSPS) is 22.5. The first-order chi connectivity index (χ1) is 19.0. The number of nitrogens with zero attached hydrogens (tertiary/aromatic N) is 2. The zero-order valence-electron chi connectivity index (χ0n) is 24.1. The van der Waals surface area contributed by atoms with Crippen molar-refractivity contribution < 1.29 is 23.9 Å². The number of hydrogen-bond acceptors (Lipinski definition) is 4. The summed E-state index contributed by atoms with van der Waals surface area (Å²) >= 11 is 0.